The molecule has 2 aromatic rings. The average molecular weight is 442 g/mol. The zero-order valence-corrected chi connectivity index (χ0v) is 16.6. The van der Waals surface area contributed by atoms with Gasteiger partial charge in [-0.05, 0) is 30.5 Å². The smallest absolute Gasteiger partial charge is 0.373 e. The van der Waals surface area contributed by atoms with Crippen LogP contribution in [0.4, 0.5) is 16.3 Å². The van der Waals surface area contributed by atoms with E-state index in [4.69, 9.17) is 9.84 Å². The number of benzene rings is 1. The molecule has 0 bridgehead atoms. The Balaban J connectivity index is 1.55. The van der Waals surface area contributed by atoms with Gasteiger partial charge in [0.25, 0.3) is 5.91 Å². The number of carbonyl (C=O) groups excluding carboxylic acids is 2. The number of amides is 3. The van der Waals surface area contributed by atoms with Crippen LogP contribution in [0.3, 0.4) is 0 Å². The molecule has 0 radical (unpaired) electrons. The van der Waals surface area contributed by atoms with Crippen LogP contribution in [-0.2, 0) is 9.59 Å². The molecular weight excluding hydrogens is 424 g/mol. The molecule has 1 aromatic heterocycles. The van der Waals surface area contributed by atoms with Gasteiger partial charge in [0.15, 0.2) is 0 Å². The molecule has 1 atom stereocenters. The van der Waals surface area contributed by atoms with Gasteiger partial charge in [-0.1, -0.05) is 12.1 Å². The van der Waals surface area contributed by atoms with Crippen LogP contribution < -0.4 is 20.3 Å². The van der Waals surface area contributed by atoms with E-state index in [0.29, 0.717) is 31.5 Å². The third-order valence-corrected chi connectivity index (χ3v) is 5.30. The molecule has 3 heterocycles. The molecule has 166 valence electrons. The van der Waals surface area contributed by atoms with E-state index in [-0.39, 0.29) is 17.4 Å². The number of carboxylic acid groups (broad SMARTS) is 1. The van der Waals surface area contributed by atoms with E-state index in [1.165, 1.54) is 12.1 Å². The second kappa shape index (κ2) is 8.45. The first-order valence-corrected chi connectivity index (χ1v) is 9.70. The summed E-state index contributed by atoms with van der Waals surface area (Å²) in [6.45, 7) is 0.607. The third kappa shape index (κ3) is 4.12. The number of hydrogen-bond donors (Lipinski definition) is 3. The number of imide groups is 1. The van der Waals surface area contributed by atoms with Gasteiger partial charge >= 0.3 is 23.6 Å². The van der Waals surface area contributed by atoms with Crippen molar-refractivity contribution in [1.29, 1.82) is 0 Å². The molecule has 3 N–H and O–H groups in total. The Morgan fingerprint density at radius 2 is 1.88 bits per heavy atom. The van der Waals surface area contributed by atoms with E-state index in [1.807, 2.05) is 0 Å². The minimum Gasteiger partial charge on any atom is -0.481 e. The highest BCUT2D eigenvalue weighted by atomic mass is 16.6. The van der Waals surface area contributed by atoms with Crippen molar-refractivity contribution in [2.75, 3.05) is 18.0 Å². The number of nitro groups is 1. The number of nitrogens with one attached hydrogen (secondary N) is 2. The minimum absolute atomic E-state index is 0.0609. The Bertz CT molecular complexity index is 1080. The van der Waals surface area contributed by atoms with Crippen LogP contribution in [0.2, 0.25) is 0 Å². The second-order valence-electron chi connectivity index (χ2n) is 7.27. The van der Waals surface area contributed by atoms with Crippen LogP contribution in [0.1, 0.15) is 24.4 Å². The molecule has 32 heavy (non-hydrogen) atoms. The van der Waals surface area contributed by atoms with E-state index in [1.54, 1.807) is 17.0 Å². The highest BCUT2D eigenvalue weighted by molar-refractivity contribution is 6.04. The summed E-state index contributed by atoms with van der Waals surface area (Å²) in [5, 5.41) is 25.5. The lowest BCUT2D eigenvalue weighted by molar-refractivity contribution is -0.385. The van der Waals surface area contributed by atoms with Crippen molar-refractivity contribution in [2.45, 2.75) is 18.9 Å². The number of carboxylic acids is 1. The summed E-state index contributed by atoms with van der Waals surface area (Å²) in [7, 11) is 0. The maximum atomic E-state index is 11.8. The van der Waals surface area contributed by atoms with Crippen LogP contribution in [0.15, 0.2) is 30.6 Å². The highest BCUT2D eigenvalue weighted by Crippen LogP contribution is 2.37. The maximum absolute atomic E-state index is 11.8. The van der Waals surface area contributed by atoms with E-state index in [0.717, 1.165) is 6.33 Å². The summed E-state index contributed by atoms with van der Waals surface area (Å²) in [6, 6.07) is 4.68. The topological polar surface area (TPSA) is 177 Å². The first kappa shape index (κ1) is 21.0. The van der Waals surface area contributed by atoms with Crippen LogP contribution in [0.25, 0.3) is 0 Å². The van der Waals surface area contributed by atoms with Crippen LogP contribution in [0, 0.1) is 16.0 Å². The molecular formula is C19H18N6O7. The Kier molecular flexibility index (Phi) is 5.54. The number of aliphatic carboxylic acids is 1. The number of piperidine rings is 1. The Labute approximate surface area is 180 Å². The van der Waals surface area contributed by atoms with Crippen LogP contribution in [0.5, 0.6) is 11.6 Å². The van der Waals surface area contributed by atoms with Crippen molar-refractivity contribution in [3.8, 4) is 11.6 Å². The van der Waals surface area contributed by atoms with Gasteiger partial charge in [-0.15, -0.1) is 0 Å². The average Bonchev–Trinajstić information content (AvgIpc) is 3.12. The number of hydrogen-bond acceptors (Lipinski definition) is 9. The number of ether oxygens (including phenoxy) is 1. The van der Waals surface area contributed by atoms with Crippen molar-refractivity contribution in [1.82, 2.24) is 20.6 Å². The molecule has 13 heteroatoms. The summed E-state index contributed by atoms with van der Waals surface area (Å²) in [5.41, 5.74) is 0.0904. The van der Waals surface area contributed by atoms with Crippen molar-refractivity contribution in [3.63, 3.8) is 0 Å². The fourth-order valence-electron chi connectivity index (χ4n) is 3.65. The molecule has 2 aliphatic heterocycles. The predicted octanol–water partition coefficient (Wildman–Crippen LogP) is 1.36. The van der Waals surface area contributed by atoms with E-state index < -0.39 is 40.5 Å². The minimum atomic E-state index is -0.885. The first-order chi connectivity index (χ1) is 15.3. The van der Waals surface area contributed by atoms with Gasteiger partial charge in [0.05, 0.1) is 10.8 Å². The molecule has 3 amide bonds. The normalized spacial score (nSPS) is 18.8. The Morgan fingerprint density at radius 3 is 2.44 bits per heavy atom. The molecule has 13 nitrogen and oxygen atoms in total. The molecule has 2 saturated heterocycles. The summed E-state index contributed by atoms with van der Waals surface area (Å²) in [6.07, 6.45) is 1.84. The van der Waals surface area contributed by atoms with Crippen molar-refractivity contribution >= 4 is 29.4 Å². The number of nitrogens with zero attached hydrogens (tertiary/aromatic N) is 4. The van der Waals surface area contributed by atoms with Gasteiger partial charge in [-0.3, -0.25) is 25.0 Å². The standard InChI is InChI=1S/C19H18N6O7/c26-16-13(22-19(29)23-16)10-1-3-12(4-2-10)32-17-14(25(30)31)15(20-9-21-17)24-7-5-11(6-8-24)18(27)28/h1-4,9,11,13H,5-8H2,(H,27,28)(H2,22,23,26,29). The summed E-state index contributed by atoms with van der Waals surface area (Å²) in [5.74, 6) is -1.83. The predicted molar refractivity (Wildman–Crippen MR) is 107 cm³/mol. The maximum Gasteiger partial charge on any atom is 0.373 e. The first-order valence-electron chi connectivity index (χ1n) is 9.70. The molecule has 1 aromatic carbocycles. The summed E-state index contributed by atoms with van der Waals surface area (Å²) in [4.78, 5) is 54.9. The molecule has 1 unspecified atom stereocenters. The highest BCUT2D eigenvalue weighted by Gasteiger charge is 2.33. The lowest BCUT2D eigenvalue weighted by atomic mass is 9.97. The van der Waals surface area contributed by atoms with Gasteiger partial charge in [0.2, 0.25) is 5.82 Å². The SMILES string of the molecule is O=C1NC(=O)C(c2ccc(Oc3ncnc(N4CCC(C(=O)O)CC4)c3[N+](=O)[O-])cc2)N1. The molecule has 2 aliphatic rings. The fourth-order valence-corrected chi connectivity index (χ4v) is 3.65. The Morgan fingerprint density at radius 1 is 1.19 bits per heavy atom. The fraction of sp³-hybridized carbons (Fsp3) is 0.316. The van der Waals surface area contributed by atoms with Crippen LogP contribution >= 0.6 is 0 Å². The van der Waals surface area contributed by atoms with Gasteiger partial charge in [0.1, 0.15) is 18.1 Å². The lowest BCUT2D eigenvalue weighted by Gasteiger charge is -2.30. The number of aromatic nitrogens is 2. The van der Waals surface area contributed by atoms with Crippen molar-refractivity contribution in [2.24, 2.45) is 5.92 Å². The van der Waals surface area contributed by atoms with Crippen LogP contribution in [-0.4, -0.2) is 51.0 Å². The van der Waals surface area contributed by atoms with E-state index in [2.05, 4.69) is 20.6 Å². The molecule has 0 spiro atoms. The molecule has 2 fully saturated rings. The van der Waals surface area contributed by atoms with Crippen molar-refractivity contribution < 1.29 is 29.2 Å². The monoisotopic (exact) mass is 442 g/mol. The van der Waals surface area contributed by atoms with E-state index in [9.17, 15) is 24.5 Å². The lowest BCUT2D eigenvalue weighted by Crippen LogP contribution is -2.37. The largest absolute Gasteiger partial charge is 0.481 e. The van der Waals surface area contributed by atoms with E-state index >= 15 is 0 Å². The quantitative estimate of drug-likeness (QED) is 0.336. The van der Waals surface area contributed by atoms with Gasteiger partial charge in [-0.2, -0.15) is 4.98 Å². The number of anilines is 1. The summed E-state index contributed by atoms with van der Waals surface area (Å²) >= 11 is 0. The van der Waals surface area contributed by atoms with Gasteiger partial charge in [0, 0.05) is 13.1 Å². The number of rotatable bonds is 6. The third-order valence-electron chi connectivity index (χ3n) is 5.30. The Hall–Kier alpha value is -4.29. The molecule has 4 rings (SSSR count). The van der Waals surface area contributed by atoms with Gasteiger partial charge < -0.3 is 20.1 Å². The molecule has 0 saturated carbocycles. The van der Waals surface area contributed by atoms with Gasteiger partial charge in [-0.25, -0.2) is 9.78 Å². The summed E-state index contributed by atoms with van der Waals surface area (Å²) < 4.78 is 5.63. The zero-order chi connectivity index (χ0) is 22.8. The zero-order valence-electron chi connectivity index (χ0n) is 16.6. The molecule has 0 aliphatic carbocycles. The number of carbonyl (C=O) groups is 3. The second-order valence-corrected chi connectivity index (χ2v) is 7.27. The van der Waals surface area contributed by atoms with Crippen molar-refractivity contribution in [3.05, 3.63) is 46.3 Å². The number of urea groups is 1.